The first kappa shape index (κ1) is 58.7. The molecule has 0 spiro atoms. The molecule has 2 unspecified atom stereocenters. The van der Waals surface area contributed by atoms with Crippen molar-refractivity contribution in [2.24, 2.45) is 0 Å². The second kappa shape index (κ2) is 40.0. The molecule has 0 aromatic rings. The predicted octanol–water partition coefficient (Wildman–Crippen LogP) is 11.2. The minimum absolute atomic E-state index is 0.171. The van der Waals surface area contributed by atoms with Crippen molar-refractivity contribution in [3.05, 3.63) is 0 Å². The third kappa shape index (κ3) is 34.1. The number of ether oxygens (including phenoxy) is 4. The van der Waals surface area contributed by atoms with Crippen LogP contribution >= 0.6 is 0 Å². The topological polar surface area (TPSA) is 186 Å². The van der Waals surface area contributed by atoms with Crippen molar-refractivity contribution in [3.63, 3.8) is 0 Å². The quantitative estimate of drug-likeness (QED) is 0.0258. The largest absolute Gasteiger partial charge is 0.462 e. The first-order valence-electron chi connectivity index (χ1n) is 25.6. The summed E-state index contributed by atoms with van der Waals surface area (Å²) in [5.74, 6) is -1.96. The first-order valence-corrected chi connectivity index (χ1v) is 27.2. The van der Waals surface area contributed by atoms with Crippen LogP contribution in [0.4, 0.5) is 0 Å². The van der Waals surface area contributed by atoms with Crippen LogP contribution in [-0.2, 0) is 38.7 Å². The summed E-state index contributed by atoms with van der Waals surface area (Å²) < 4.78 is 54.1. The van der Waals surface area contributed by atoms with Gasteiger partial charge < -0.3 is 34.3 Å². The molecule has 0 bridgehead atoms. The summed E-state index contributed by atoms with van der Waals surface area (Å²) in [5, 5.41) is 30.9. The Hall–Kier alpha value is -1.35. The Balaban J connectivity index is 2.29. The third-order valence-electron chi connectivity index (χ3n) is 12.2. The van der Waals surface area contributed by atoms with Crippen molar-refractivity contribution in [2.45, 2.75) is 282 Å². The maximum absolute atomic E-state index is 12.8. The zero-order valence-electron chi connectivity index (χ0n) is 39.5. The van der Waals surface area contributed by atoms with Gasteiger partial charge in [0.2, 0.25) is 0 Å². The van der Waals surface area contributed by atoms with E-state index in [0.29, 0.717) is 12.8 Å². The fraction of sp³-hybridized carbons (Fsp3) is 0.959. The van der Waals surface area contributed by atoms with Crippen LogP contribution in [0.5, 0.6) is 0 Å². The van der Waals surface area contributed by atoms with Gasteiger partial charge in [-0.15, -0.1) is 0 Å². The maximum atomic E-state index is 12.8. The van der Waals surface area contributed by atoms with Crippen LogP contribution in [0.1, 0.15) is 245 Å². The van der Waals surface area contributed by atoms with Gasteiger partial charge in [0.05, 0.1) is 6.61 Å². The lowest BCUT2D eigenvalue weighted by Crippen LogP contribution is -2.60. The molecule has 0 aromatic carbocycles. The number of unbranched alkanes of at least 4 members (excludes halogenated alkanes) is 32. The van der Waals surface area contributed by atoms with E-state index in [1.54, 1.807) is 0 Å². The summed E-state index contributed by atoms with van der Waals surface area (Å²) in [6, 6.07) is 0. The molecule has 0 saturated carbocycles. The van der Waals surface area contributed by atoms with E-state index in [-0.39, 0.29) is 19.4 Å². The Morgan fingerprint density at radius 1 is 0.484 bits per heavy atom. The first-order chi connectivity index (χ1) is 30.0. The molecule has 4 N–H and O–H groups in total. The number of hydrogen-bond acceptors (Lipinski definition) is 11. The Morgan fingerprint density at radius 3 is 1.18 bits per heavy atom. The van der Waals surface area contributed by atoms with Gasteiger partial charge in [0.1, 0.15) is 36.8 Å². The number of carbonyl (C=O) groups is 2. The van der Waals surface area contributed by atoms with Crippen LogP contribution in [0.2, 0.25) is 0 Å². The molecule has 1 rings (SSSR count). The molecule has 12 nitrogen and oxygen atoms in total. The second-order valence-corrected chi connectivity index (χ2v) is 19.7. The number of aliphatic hydroxyl groups is 3. The fourth-order valence-corrected chi connectivity index (χ4v) is 8.90. The highest BCUT2D eigenvalue weighted by Gasteiger charge is 2.46. The van der Waals surface area contributed by atoms with Crippen LogP contribution < -0.4 is 0 Å². The van der Waals surface area contributed by atoms with E-state index in [0.717, 1.165) is 38.5 Å². The minimum atomic E-state index is -4.60. The Labute approximate surface area is 378 Å². The van der Waals surface area contributed by atoms with Crippen molar-refractivity contribution in [2.75, 3.05) is 19.0 Å². The van der Waals surface area contributed by atoms with Crippen molar-refractivity contribution < 1.29 is 56.8 Å². The van der Waals surface area contributed by atoms with Gasteiger partial charge in [-0.25, -0.2) is 0 Å². The summed E-state index contributed by atoms with van der Waals surface area (Å²) in [6.45, 7) is 3.79. The number of hydrogen-bond donors (Lipinski definition) is 4. The van der Waals surface area contributed by atoms with Gasteiger partial charge in [-0.2, -0.15) is 8.42 Å². The van der Waals surface area contributed by atoms with Crippen molar-refractivity contribution >= 4 is 22.1 Å². The number of rotatable bonds is 44. The van der Waals surface area contributed by atoms with Crippen molar-refractivity contribution in [3.8, 4) is 0 Å². The highest BCUT2D eigenvalue weighted by Crippen LogP contribution is 2.24. The van der Waals surface area contributed by atoms with Gasteiger partial charge in [0, 0.05) is 12.8 Å². The van der Waals surface area contributed by atoms with E-state index in [1.807, 2.05) is 0 Å². The smallest absolute Gasteiger partial charge is 0.306 e. The molecule has 13 heteroatoms. The molecular weight excluding hydrogens is 813 g/mol. The monoisotopic (exact) mass is 907 g/mol. The summed E-state index contributed by atoms with van der Waals surface area (Å²) in [6.07, 6.45) is 33.1. The summed E-state index contributed by atoms with van der Waals surface area (Å²) in [5.41, 5.74) is 0. The van der Waals surface area contributed by atoms with Crippen LogP contribution in [0.25, 0.3) is 0 Å². The molecule has 0 aliphatic carbocycles. The lowest BCUT2D eigenvalue weighted by atomic mass is 10.00. The summed E-state index contributed by atoms with van der Waals surface area (Å²) in [4.78, 5) is 25.4. The standard InChI is InChI=1S/C49H94O12S/c1-3-5-7-9-11-13-15-16-17-18-19-20-21-22-23-24-25-26-28-29-31-33-35-37-44(50)58-39-42(60-45(51)38-36-34-32-30-27-14-12-10-8-6-4-2)40-59-49-48(54)47(53)46(52)43(61-49)41-62(55,56)57/h42-43,46-49,52-54H,3-41H2,1-2H3,(H,55,56,57)/t42-,43-,46-,47?,48?,49+/m1/s1. The highest BCUT2D eigenvalue weighted by atomic mass is 32.2. The normalized spacial score (nSPS) is 19.7. The van der Waals surface area contributed by atoms with Gasteiger partial charge in [0.25, 0.3) is 10.1 Å². The predicted molar refractivity (Wildman–Crippen MR) is 247 cm³/mol. The van der Waals surface area contributed by atoms with E-state index in [1.165, 1.54) is 167 Å². The van der Waals surface area contributed by atoms with E-state index in [9.17, 15) is 37.9 Å². The third-order valence-corrected chi connectivity index (χ3v) is 12.9. The summed E-state index contributed by atoms with van der Waals surface area (Å²) >= 11 is 0. The van der Waals surface area contributed by atoms with E-state index >= 15 is 0 Å². The van der Waals surface area contributed by atoms with Gasteiger partial charge in [-0.1, -0.05) is 219 Å². The molecular formula is C49H94O12S. The zero-order valence-corrected chi connectivity index (χ0v) is 40.3. The van der Waals surface area contributed by atoms with E-state index < -0.39 is 71.2 Å². The molecule has 62 heavy (non-hydrogen) atoms. The Morgan fingerprint density at radius 2 is 0.823 bits per heavy atom. The van der Waals surface area contributed by atoms with Crippen molar-refractivity contribution in [1.82, 2.24) is 0 Å². The molecule has 6 atom stereocenters. The Bertz CT molecular complexity index is 1150. The lowest BCUT2D eigenvalue weighted by molar-refractivity contribution is -0.297. The van der Waals surface area contributed by atoms with E-state index in [4.69, 9.17) is 18.9 Å². The summed E-state index contributed by atoms with van der Waals surface area (Å²) in [7, 11) is -4.60. The van der Waals surface area contributed by atoms with Crippen LogP contribution in [-0.4, -0.2) is 96.0 Å². The van der Waals surface area contributed by atoms with Gasteiger partial charge in [-0.3, -0.25) is 14.1 Å². The zero-order chi connectivity index (χ0) is 45.5. The lowest BCUT2D eigenvalue weighted by Gasteiger charge is -2.40. The van der Waals surface area contributed by atoms with Gasteiger partial charge in [-0.05, 0) is 12.8 Å². The second-order valence-electron chi connectivity index (χ2n) is 18.2. The maximum Gasteiger partial charge on any atom is 0.306 e. The van der Waals surface area contributed by atoms with E-state index in [2.05, 4.69) is 13.8 Å². The number of carbonyl (C=O) groups excluding carboxylic acids is 2. The number of esters is 2. The van der Waals surface area contributed by atoms with Crippen LogP contribution in [0.3, 0.4) is 0 Å². The molecule has 1 aliphatic heterocycles. The molecule has 0 radical (unpaired) electrons. The SMILES string of the molecule is CCCCCCCCCCCCCCCCCCCCCCCCCC(=O)OC[C@H](CO[C@H]1O[C@H](CS(=O)(=O)O)[C@@H](O)C(O)C1O)OC(=O)CCCCCCCCCCCCC. The van der Waals surface area contributed by atoms with Crippen LogP contribution in [0.15, 0.2) is 0 Å². The fourth-order valence-electron chi connectivity index (χ4n) is 8.21. The molecule has 368 valence electrons. The van der Waals surface area contributed by atoms with Crippen molar-refractivity contribution in [1.29, 1.82) is 0 Å². The van der Waals surface area contributed by atoms with Gasteiger partial charge in [0.15, 0.2) is 12.4 Å². The average molecular weight is 907 g/mol. The highest BCUT2D eigenvalue weighted by molar-refractivity contribution is 7.85. The Kier molecular flexibility index (Phi) is 37.8. The molecule has 1 saturated heterocycles. The molecule has 1 heterocycles. The molecule has 0 aromatic heterocycles. The number of aliphatic hydroxyl groups excluding tert-OH is 3. The van der Waals surface area contributed by atoms with Crippen LogP contribution in [0, 0.1) is 0 Å². The molecule has 1 fully saturated rings. The molecule has 0 amide bonds. The van der Waals surface area contributed by atoms with Gasteiger partial charge >= 0.3 is 11.9 Å². The average Bonchev–Trinajstić information content (AvgIpc) is 3.24. The molecule has 1 aliphatic rings. The minimum Gasteiger partial charge on any atom is -0.462 e.